The highest BCUT2D eigenvalue weighted by molar-refractivity contribution is 6.01. The molecule has 1 aromatic heterocycles. The predicted molar refractivity (Wildman–Crippen MR) is 117 cm³/mol. The highest BCUT2D eigenvalue weighted by Crippen LogP contribution is 2.36. The molecule has 3 aromatic rings. The number of nitrogens with zero attached hydrogens (tertiary/aromatic N) is 2. The first-order valence-corrected chi connectivity index (χ1v) is 10.6. The zero-order valence-corrected chi connectivity index (χ0v) is 18.0. The van der Waals surface area contributed by atoms with Gasteiger partial charge >= 0.3 is 6.18 Å². The first-order valence-electron chi connectivity index (χ1n) is 10.6. The average molecular weight is 442 g/mol. The van der Waals surface area contributed by atoms with E-state index in [2.05, 4.69) is 11.9 Å². The van der Waals surface area contributed by atoms with E-state index >= 15 is 0 Å². The van der Waals surface area contributed by atoms with Gasteiger partial charge in [-0.25, -0.2) is 0 Å². The Bertz CT molecular complexity index is 1070. The van der Waals surface area contributed by atoms with Gasteiger partial charge in [0, 0.05) is 24.2 Å². The third kappa shape index (κ3) is 4.58. The molecular formula is C25H25F3N2O2. The van der Waals surface area contributed by atoms with E-state index in [1.165, 1.54) is 12.1 Å². The van der Waals surface area contributed by atoms with Gasteiger partial charge in [0.25, 0.3) is 5.91 Å². The largest absolute Gasteiger partial charge is 0.455 e. The molecule has 7 heteroatoms. The number of likely N-dealkylation sites (tertiary alicyclic amines) is 1. The molecule has 0 N–H and O–H groups in total. The van der Waals surface area contributed by atoms with Crippen molar-refractivity contribution in [1.82, 2.24) is 9.80 Å². The van der Waals surface area contributed by atoms with Crippen LogP contribution in [-0.4, -0.2) is 48.9 Å². The van der Waals surface area contributed by atoms with Gasteiger partial charge in [0.1, 0.15) is 11.5 Å². The summed E-state index contributed by atoms with van der Waals surface area (Å²) in [6.07, 6.45) is -2.68. The topological polar surface area (TPSA) is 36.7 Å². The summed E-state index contributed by atoms with van der Waals surface area (Å²) in [5.74, 6) is 0.586. The molecule has 32 heavy (non-hydrogen) atoms. The average Bonchev–Trinajstić information content (AvgIpc) is 3.24. The summed E-state index contributed by atoms with van der Waals surface area (Å²) in [6, 6.07) is 15.8. The second kappa shape index (κ2) is 8.82. The van der Waals surface area contributed by atoms with Crippen LogP contribution in [0.25, 0.3) is 22.6 Å². The van der Waals surface area contributed by atoms with Crippen molar-refractivity contribution in [3.63, 3.8) is 0 Å². The Morgan fingerprint density at radius 1 is 1.00 bits per heavy atom. The Hall–Kier alpha value is -3.06. The lowest BCUT2D eigenvalue weighted by Crippen LogP contribution is -2.44. The van der Waals surface area contributed by atoms with Gasteiger partial charge in [-0.3, -0.25) is 4.79 Å². The normalized spacial score (nSPS) is 15.7. The third-order valence-electron chi connectivity index (χ3n) is 6.05. The predicted octanol–water partition coefficient (Wildman–Crippen LogP) is 5.80. The number of rotatable bonds is 4. The summed E-state index contributed by atoms with van der Waals surface area (Å²) in [7, 11) is 3.84. The molecule has 1 amide bonds. The number of benzene rings is 2. The molecule has 0 aliphatic carbocycles. The molecule has 4 nitrogen and oxygen atoms in total. The molecule has 0 radical (unpaired) electrons. The van der Waals surface area contributed by atoms with Crippen LogP contribution in [-0.2, 0) is 6.18 Å². The summed E-state index contributed by atoms with van der Waals surface area (Å²) in [5, 5.41) is 0. The van der Waals surface area contributed by atoms with Crippen LogP contribution < -0.4 is 0 Å². The van der Waals surface area contributed by atoms with Crippen LogP contribution in [0.4, 0.5) is 13.2 Å². The molecule has 1 aliphatic rings. The number of piperidine rings is 1. The van der Waals surface area contributed by atoms with Crippen LogP contribution in [0.5, 0.6) is 0 Å². The molecule has 1 aliphatic heterocycles. The van der Waals surface area contributed by atoms with Gasteiger partial charge in [0.15, 0.2) is 0 Å². The first-order chi connectivity index (χ1) is 15.2. The van der Waals surface area contributed by atoms with E-state index in [1.54, 1.807) is 18.0 Å². The number of carbonyl (C=O) groups is 1. The third-order valence-corrected chi connectivity index (χ3v) is 6.05. The zero-order chi connectivity index (χ0) is 22.9. The van der Waals surface area contributed by atoms with Crippen molar-refractivity contribution in [2.75, 3.05) is 27.2 Å². The summed E-state index contributed by atoms with van der Waals surface area (Å²) in [5.41, 5.74) is 0.833. The molecule has 1 fully saturated rings. The number of carbonyl (C=O) groups excluding carboxylic acids is 1. The number of alkyl halides is 3. The first kappa shape index (κ1) is 22.1. The van der Waals surface area contributed by atoms with Crippen molar-refractivity contribution in [3.8, 4) is 22.6 Å². The fourth-order valence-corrected chi connectivity index (χ4v) is 4.06. The van der Waals surface area contributed by atoms with Crippen LogP contribution >= 0.6 is 0 Å². The lowest BCUT2D eigenvalue weighted by molar-refractivity contribution is -0.137. The van der Waals surface area contributed by atoms with Gasteiger partial charge in [-0.2, -0.15) is 13.2 Å². The fraction of sp³-hybridized carbons (Fsp3) is 0.320. The van der Waals surface area contributed by atoms with Gasteiger partial charge < -0.3 is 14.2 Å². The van der Waals surface area contributed by atoms with Crippen LogP contribution in [0.2, 0.25) is 0 Å². The zero-order valence-electron chi connectivity index (χ0n) is 18.0. The van der Waals surface area contributed by atoms with Gasteiger partial charge in [0.05, 0.1) is 11.1 Å². The van der Waals surface area contributed by atoms with E-state index in [4.69, 9.17) is 4.42 Å². The van der Waals surface area contributed by atoms with E-state index < -0.39 is 11.7 Å². The Morgan fingerprint density at radius 2 is 1.62 bits per heavy atom. The summed E-state index contributed by atoms with van der Waals surface area (Å²) in [4.78, 5) is 17.4. The van der Waals surface area contributed by atoms with Gasteiger partial charge in [-0.1, -0.05) is 42.5 Å². The van der Waals surface area contributed by atoms with E-state index in [0.717, 1.165) is 43.6 Å². The minimum atomic E-state index is -4.43. The van der Waals surface area contributed by atoms with Crippen molar-refractivity contribution in [1.29, 1.82) is 0 Å². The maximum atomic E-state index is 13.5. The standard InChI is InChI=1S/C25H25F3N2O2/c1-29-14-12-20(13-15-29)30(2)24(31)21-16-22(17-6-4-3-5-7-17)32-23(21)18-8-10-19(11-9-18)25(26,27)28/h3-11,16,20H,12-15H2,1-2H3. The molecule has 0 atom stereocenters. The highest BCUT2D eigenvalue weighted by atomic mass is 19.4. The number of hydrogen-bond acceptors (Lipinski definition) is 3. The monoisotopic (exact) mass is 442 g/mol. The minimum Gasteiger partial charge on any atom is -0.455 e. The number of amides is 1. The lowest BCUT2D eigenvalue weighted by atomic mass is 10.0. The molecule has 0 spiro atoms. The quantitative estimate of drug-likeness (QED) is 0.513. The molecule has 4 rings (SSSR count). The molecule has 0 unspecified atom stereocenters. The minimum absolute atomic E-state index is 0.106. The Balaban J connectivity index is 1.72. The van der Waals surface area contributed by atoms with Crippen molar-refractivity contribution >= 4 is 5.91 Å². The Kier molecular flexibility index (Phi) is 6.11. The van der Waals surface area contributed by atoms with Gasteiger partial charge in [-0.15, -0.1) is 0 Å². The van der Waals surface area contributed by atoms with Crippen molar-refractivity contribution in [2.24, 2.45) is 0 Å². The highest BCUT2D eigenvalue weighted by Gasteiger charge is 2.31. The smallest absolute Gasteiger partial charge is 0.416 e. The van der Waals surface area contributed by atoms with Crippen LogP contribution in [0.3, 0.4) is 0 Å². The van der Waals surface area contributed by atoms with E-state index in [-0.39, 0.29) is 17.7 Å². The maximum Gasteiger partial charge on any atom is 0.416 e. The number of halogens is 3. The summed E-state index contributed by atoms with van der Waals surface area (Å²) in [6.45, 7) is 1.82. The van der Waals surface area contributed by atoms with Crippen molar-refractivity contribution in [3.05, 3.63) is 71.8 Å². The Morgan fingerprint density at radius 3 is 2.22 bits per heavy atom. The summed E-state index contributed by atoms with van der Waals surface area (Å²) < 4.78 is 45.1. The molecule has 2 aromatic carbocycles. The molecule has 0 saturated carbocycles. The molecule has 1 saturated heterocycles. The molecular weight excluding hydrogens is 417 g/mol. The van der Waals surface area contributed by atoms with Gasteiger partial charge in [0.2, 0.25) is 0 Å². The van der Waals surface area contributed by atoms with E-state index in [1.807, 2.05) is 30.3 Å². The van der Waals surface area contributed by atoms with Crippen LogP contribution in [0, 0.1) is 0 Å². The van der Waals surface area contributed by atoms with Crippen LogP contribution in [0.1, 0.15) is 28.8 Å². The van der Waals surface area contributed by atoms with Crippen molar-refractivity contribution in [2.45, 2.75) is 25.1 Å². The number of hydrogen-bond donors (Lipinski definition) is 0. The fourth-order valence-electron chi connectivity index (χ4n) is 4.06. The lowest BCUT2D eigenvalue weighted by Gasteiger charge is -2.35. The van der Waals surface area contributed by atoms with Gasteiger partial charge in [-0.05, 0) is 51.2 Å². The second-order valence-corrected chi connectivity index (χ2v) is 8.25. The molecule has 0 bridgehead atoms. The number of furan rings is 1. The molecule has 2 heterocycles. The van der Waals surface area contributed by atoms with Crippen molar-refractivity contribution < 1.29 is 22.4 Å². The second-order valence-electron chi connectivity index (χ2n) is 8.25. The maximum absolute atomic E-state index is 13.5. The SMILES string of the molecule is CN1CCC(N(C)C(=O)c2cc(-c3ccccc3)oc2-c2ccc(C(F)(F)F)cc2)CC1. The van der Waals surface area contributed by atoms with E-state index in [9.17, 15) is 18.0 Å². The summed E-state index contributed by atoms with van der Waals surface area (Å²) >= 11 is 0. The van der Waals surface area contributed by atoms with Crippen LogP contribution in [0.15, 0.2) is 65.1 Å². The molecule has 168 valence electrons. The Labute approximate surface area is 185 Å². The van der Waals surface area contributed by atoms with E-state index in [0.29, 0.717) is 16.9 Å².